The number of pyridine rings is 1. The number of para-hydroxylation sites is 1. The van der Waals surface area contributed by atoms with Gasteiger partial charge in [0.1, 0.15) is 17.2 Å². The molecule has 0 amide bonds. The Hall–Kier alpha value is -2.59. The fourth-order valence-electron chi connectivity index (χ4n) is 3.10. The SMILES string of the molecule is Cc1cccc(C)c1Nc1c(-c2ccsc2)nc2cccc(C)n12. The number of fused-ring (bicyclic) bond motifs is 1. The minimum Gasteiger partial charge on any atom is -0.339 e. The van der Waals surface area contributed by atoms with Crippen molar-refractivity contribution in [1.82, 2.24) is 9.38 Å². The molecule has 120 valence electrons. The smallest absolute Gasteiger partial charge is 0.143 e. The third-order valence-corrected chi connectivity index (χ3v) is 5.04. The van der Waals surface area contributed by atoms with Gasteiger partial charge in [0.15, 0.2) is 0 Å². The van der Waals surface area contributed by atoms with Crippen LogP contribution >= 0.6 is 11.3 Å². The molecular formula is C20H19N3S. The first-order valence-electron chi connectivity index (χ1n) is 7.99. The first-order chi connectivity index (χ1) is 11.6. The van der Waals surface area contributed by atoms with Crippen LogP contribution in [0.2, 0.25) is 0 Å². The topological polar surface area (TPSA) is 29.3 Å². The lowest BCUT2D eigenvalue weighted by Gasteiger charge is -2.14. The summed E-state index contributed by atoms with van der Waals surface area (Å²) in [6, 6.07) is 14.7. The van der Waals surface area contributed by atoms with Gasteiger partial charge in [0, 0.05) is 22.3 Å². The van der Waals surface area contributed by atoms with Crippen LogP contribution in [0.15, 0.2) is 53.2 Å². The molecule has 0 saturated heterocycles. The van der Waals surface area contributed by atoms with E-state index in [0.717, 1.165) is 34.1 Å². The predicted octanol–water partition coefficient (Wildman–Crippen LogP) is 5.73. The lowest BCUT2D eigenvalue weighted by atomic mass is 10.1. The Morgan fingerprint density at radius 1 is 0.958 bits per heavy atom. The fraction of sp³-hybridized carbons (Fsp3) is 0.150. The highest BCUT2D eigenvalue weighted by molar-refractivity contribution is 7.08. The molecule has 0 aliphatic heterocycles. The predicted molar refractivity (Wildman–Crippen MR) is 102 cm³/mol. The van der Waals surface area contributed by atoms with E-state index in [0.29, 0.717) is 0 Å². The third kappa shape index (κ3) is 2.39. The normalized spacial score (nSPS) is 11.1. The van der Waals surface area contributed by atoms with E-state index in [9.17, 15) is 0 Å². The second-order valence-corrected chi connectivity index (χ2v) is 6.85. The summed E-state index contributed by atoms with van der Waals surface area (Å²) in [4.78, 5) is 4.88. The first-order valence-corrected chi connectivity index (χ1v) is 8.93. The molecule has 0 aliphatic rings. The minimum atomic E-state index is 0.963. The van der Waals surface area contributed by atoms with Crippen LogP contribution in [0.3, 0.4) is 0 Å². The standard InChI is InChI=1S/C20H19N3S/c1-13-6-4-7-14(2)18(13)22-20-19(16-10-11-24-12-16)21-17-9-5-8-15(3)23(17)20/h4-12,22H,1-3H3. The molecular weight excluding hydrogens is 314 g/mol. The molecule has 1 aromatic carbocycles. The fourth-order valence-corrected chi connectivity index (χ4v) is 3.74. The number of thiophene rings is 1. The van der Waals surface area contributed by atoms with E-state index in [1.165, 1.54) is 11.1 Å². The molecule has 0 radical (unpaired) electrons. The van der Waals surface area contributed by atoms with Gasteiger partial charge in [0.05, 0.1) is 0 Å². The van der Waals surface area contributed by atoms with Crippen molar-refractivity contribution in [1.29, 1.82) is 0 Å². The van der Waals surface area contributed by atoms with Gasteiger partial charge in [-0.1, -0.05) is 24.3 Å². The van der Waals surface area contributed by atoms with Gasteiger partial charge in [0.2, 0.25) is 0 Å². The Morgan fingerprint density at radius 2 is 1.71 bits per heavy atom. The maximum Gasteiger partial charge on any atom is 0.143 e. The van der Waals surface area contributed by atoms with Crippen molar-refractivity contribution in [2.45, 2.75) is 20.8 Å². The maximum atomic E-state index is 4.88. The number of imidazole rings is 1. The number of nitrogens with zero attached hydrogens (tertiary/aromatic N) is 2. The molecule has 0 fully saturated rings. The van der Waals surface area contributed by atoms with Crippen LogP contribution in [-0.2, 0) is 0 Å². The number of benzene rings is 1. The zero-order valence-corrected chi connectivity index (χ0v) is 14.8. The quantitative estimate of drug-likeness (QED) is 0.518. The van der Waals surface area contributed by atoms with Crippen molar-refractivity contribution in [3.8, 4) is 11.3 Å². The van der Waals surface area contributed by atoms with Crippen LogP contribution < -0.4 is 5.32 Å². The van der Waals surface area contributed by atoms with E-state index in [4.69, 9.17) is 4.98 Å². The van der Waals surface area contributed by atoms with Crippen molar-refractivity contribution < 1.29 is 0 Å². The second kappa shape index (κ2) is 5.80. The average molecular weight is 333 g/mol. The third-order valence-electron chi connectivity index (χ3n) is 4.36. The maximum absolute atomic E-state index is 4.88. The van der Waals surface area contributed by atoms with Gasteiger partial charge in [-0.3, -0.25) is 4.40 Å². The summed E-state index contributed by atoms with van der Waals surface area (Å²) in [5.74, 6) is 1.03. The molecule has 3 aromatic heterocycles. The first kappa shape index (κ1) is 15.0. The second-order valence-electron chi connectivity index (χ2n) is 6.07. The van der Waals surface area contributed by atoms with E-state index in [-0.39, 0.29) is 0 Å². The summed E-state index contributed by atoms with van der Waals surface area (Å²) in [5, 5.41) is 7.90. The van der Waals surface area contributed by atoms with Gasteiger partial charge in [0.25, 0.3) is 0 Å². The minimum absolute atomic E-state index is 0.963. The molecule has 0 spiro atoms. The van der Waals surface area contributed by atoms with Crippen molar-refractivity contribution >= 4 is 28.5 Å². The molecule has 3 heterocycles. The molecule has 0 saturated carbocycles. The Kier molecular flexibility index (Phi) is 3.62. The van der Waals surface area contributed by atoms with Crippen LogP contribution in [0.5, 0.6) is 0 Å². The zero-order valence-electron chi connectivity index (χ0n) is 14.0. The highest BCUT2D eigenvalue weighted by Gasteiger charge is 2.17. The van der Waals surface area contributed by atoms with Gasteiger partial charge in [-0.05, 0) is 55.5 Å². The molecule has 0 bridgehead atoms. The van der Waals surface area contributed by atoms with Crippen LogP contribution in [0.1, 0.15) is 16.8 Å². The van der Waals surface area contributed by atoms with Gasteiger partial charge >= 0.3 is 0 Å². The van der Waals surface area contributed by atoms with Crippen molar-refractivity contribution in [2.24, 2.45) is 0 Å². The van der Waals surface area contributed by atoms with E-state index in [1.807, 2.05) is 0 Å². The Bertz CT molecular complexity index is 993. The molecule has 0 unspecified atom stereocenters. The Labute approximate surface area is 145 Å². The van der Waals surface area contributed by atoms with E-state index < -0.39 is 0 Å². The molecule has 0 atom stereocenters. The molecule has 24 heavy (non-hydrogen) atoms. The summed E-state index contributed by atoms with van der Waals surface area (Å²) in [6.45, 7) is 6.38. The van der Waals surface area contributed by atoms with Crippen LogP contribution in [-0.4, -0.2) is 9.38 Å². The Morgan fingerprint density at radius 3 is 2.42 bits per heavy atom. The van der Waals surface area contributed by atoms with E-state index in [2.05, 4.69) is 83.7 Å². The molecule has 1 N–H and O–H groups in total. The Balaban J connectivity index is 1.97. The lowest BCUT2D eigenvalue weighted by molar-refractivity contribution is 1.09. The molecule has 4 heteroatoms. The van der Waals surface area contributed by atoms with Crippen molar-refractivity contribution in [3.05, 3.63) is 70.0 Å². The monoisotopic (exact) mass is 333 g/mol. The van der Waals surface area contributed by atoms with Gasteiger partial charge in [-0.25, -0.2) is 4.98 Å². The van der Waals surface area contributed by atoms with Crippen LogP contribution in [0.25, 0.3) is 16.9 Å². The number of hydrogen-bond donors (Lipinski definition) is 1. The van der Waals surface area contributed by atoms with Crippen LogP contribution in [0.4, 0.5) is 11.5 Å². The molecule has 4 aromatic rings. The lowest BCUT2D eigenvalue weighted by Crippen LogP contribution is -2.02. The van der Waals surface area contributed by atoms with E-state index in [1.54, 1.807) is 11.3 Å². The average Bonchev–Trinajstić information content (AvgIpc) is 3.19. The molecule has 0 aliphatic carbocycles. The number of hydrogen-bond acceptors (Lipinski definition) is 3. The number of aryl methyl sites for hydroxylation is 3. The number of nitrogens with one attached hydrogen (secondary N) is 1. The van der Waals surface area contributed by atoms with Crippen LogP contribution in [0, 0.1) is 20.8 Å². The number of rotatable bonds is 3. The molecule has 4 rings (SSSR count). The highest BCUT2D eigenvalue weighted by atomic mass is 32.1. The van der Waals surface area contributed by atoms with Gasteiger partial charge in [-0.15, -0.1) is 0 Å². The molecule has 3 nitrogen and oxygen atoms in total. The summed E-state index contributed by atoms with van der Waals surface area (Å²) >= 11 is 1.69. The van der Waals surface area contributed by atoms with E-state index >= 15 is 0 Å². The number of aromatic nitrogens is 2. The zero-order chi connectivity index (χ0) is 16.7. The largest absolute Gasteiger partial charge is 0.339 e. The van der Waals surface area contributed by atoms with Crippen molar-refractivity contribution in [2.75, 3.05) is 5.32 Å². The van der Waals surface area contributed by atoms with Gasteiger partial charge < -0.3 is 5.32 Å². The summed E-state index contributed by atoms with van der Waals surface area (Å²) < 4.78 is 2.19. The summed E-state index contributed by atoms with van der Waals surface area (Å²) in [6.07, 6.45) is 0. The van der Waals surface area contributed by atoms with Crippen molar-refractivity contribution in [3.63, 3.8) is 0 Å². The highest BCUT2D eigenvalue weighted by Crippen LogP contribution is 2.34. The summed E-state index contributed by atoms with van der Waals surface area (Å²) in [7, 11) is 0. The summed E-state index contributed by atoms with van der Waals surface area (Å²) in [5.41, 5.74) is 7.88. The van der Waals surface area contributed by atoms with Gasteiger partial charge in [-0.2, -0.15) is 11.3 Å². The number of anilines is 2.